The number of rotatable bonds is 5. The van der Waals surface area contributed by atoms with Crippen LogP contribution in [0.4, 0.5) is 0 Å². The van der Waals surface area contributed by atoms with Crippen molar-refractivity contribution >= 4 is 0 Å². The van der Waals surface area contributed by atoms with Crippen LogP contribution in [-0.2, 0) is 11.2 Å². The van der Waals surface area contributed by atoms with Gasteiger partial charge in [0.05, 0.1) is 0 Å². The molecule has 1 aliphatic carbocycles. The van der Waals surface area contributed by atoms with Crippen LogP contribution in [0.5, 0.6) is 5.75 Å². The van der Waals surface area contributed by atoms with Gasteiger partial charge in [-0.15, -0.1) is 0 Å². The summed E-state index contributed by atoms with van der Waals surface area (Å²) in [6.07, 6.45) is 3.49. The van der Waals surface area contributed by atoms with Crippen LogP contribution in [0.25, 0.3) is 0 Å². The SMILES string of the molecule is COCC(C)CNC1CCCc2ccc(O)cc21. The van der Waals surface area contributed by atoms with Crippen LogP contribution in [0.3, 0.4) is 0 Å². The Morgan fingerprint density at radius 2 is 2.33 bits per heavy atom. The largest absolute Gasteiger partial charge is 0.508 e. The molecule has 0 aromatic heterocycles. The lowest BCUT2D eigenvalue weighted by molar-refractivity contribution is 0.156. The molecular formula is C15H23NO2. The van der Waals surface area contributed by atoms with Crippen LogP contribution in [0, 0.1) is 5.92 Å². The Balaban J connectivity index is 2.01. The number of benzene rings is 1. The standard InChI is InChI=1S/C15H23NO2/c1-11(10-18-2)9-16-15-5-3-4-12-6-7-13(17)8-14(12)15/h6-8,11,15-17H,3-5,9-10H2,1-2H3. The van der Waals surface area contributed by atoms with E-state index in [1.807, 2.05) is 6.07 Å². The smallest absolute Gasteiger partial charge is 0.115 e. The maximum atomic E-state index is 9.62. The summed E-state index contributed by atoms with van der Waals surface area (Å²) in [5.74, 6) is 0.880. The van der Waals surface area contributed by atoms with E-state index >= 15 is 0 Å². The number of fused-ring (bicyclic) bond motifs is 1. The van der Waals surface area contributed by atoms with Gasteiger partial charge in [-0.3, -0.25) is 0 Å². The minimum Gasteiger partial charge on any atom is -0.508 e. The molecule has 0 saturated carbocycles. The molecule has 2 rings (SSSR count). The van der Waals surface area contributed by atoms with Crippen molar-refractivity contribution in [3.63, 3.8) is 0 Å². The quantitative estimate of drug-likeness (QED) is 0.843. The molecule has 0 bridgehead atoms. The summed E-state index contributed by atoms with van der Waals surface area (Å²) in [7, 11) is 1.74. The molecule has 2 unspecified atom stereocenters. The molecule has 2 N–H and O–H groups in total. The third kappa shape index (κ3) is 3.24. The highest BCUT2D eigenvalue weighted by atomic mass is 16.5. The fraction of sp³-hybridized carbons (Fsp3) is 0.600. The van der Waals surface area contributed by atoms with Crippen LogP contribution in [-0.4, -0.2) is 25.4 Å². The van der Waals surface area contributed by atoms with Crippen molar-refractivity contribution in [3.8, 4) is 5.75 Å². The van der Waals surface area contributed by atoms with E-state index in [4.69, 9.17) is 4.74 Å². The van der Waals surface area contributed by atoms with E-state index in [0.717, 1.165) is 26.0 Å². The van der Waals surface area contributed by atoms with Gasteiger partial charge in [0.15, 0.2) is 0 Å². The second-order valence-electron chi connectivity index (χ2n) is 5.30. The summed E-state index contributed by atoms with van der Waals surface area (Å²) in [4.78, 5) is 0. The average molecular weight is 249 g/mol. The Labute approximate surface area is 109 Å². The van der Waals surface area contributed by atoms with Crippen molar-refractivity contribution in [1.29, 1.82) is 0 Å². The second kappa shape index (κ2) is 6.21. The van der Waals surface area contributed by atoms with E-state index in [9.17, 15) is 5.11 Å². The summed E-state index contributed by atoms with van der Waals surface area (Å²) in [6, 6.07) is 6.12. The molecule has 0 heterocycles. The van der Waals surface area contributed by atoms with Crippen molar-refractivity contribution < 1.29 is 9.84 Å². The lowest BCUT2D eigenvalue weighted by Gasteiger charge is -2.27. The molecule has 1 aliphatic rings. The predicted molar refractivity (Wildman–Crippen MR) is 72.8 cm³/mol. The number of nitrogens with one attached hydrogen (secondary N) is 1. The normalized spacial score (nSPS) is 20.4. The Bertz CT molecular complexity index is 392. The Morgan fingerprint density at radius 3 is 3.11 bits per heavy atom. The van der Waals surface area contributed by atoms with Crippen molar-refractivity contribution in [2.75, 3.05) is 20.3 Å². The molecule has 0 fully saturated rings. The van der Waals surface area contributed by atoms with Crippen molar-refractivity contribution in [3.05, 3.63) is 29.3 Å². The first-order valence-electron chi connectivity index (χ1n) is 6.75. The van der Waals surface area contributed by atoms with Gasteiger partial charge in [0, 0.05) is 26.3 Å². The molecule has 0 saturated heterocycles. The van der Waals surface area contributed by atoms with E-state index in [-0.39, 0.29) is 0 Å². The Kier molecular flexibility index (Phi) is 4.61. The Morgan fingerprint density at radius 1 is 1.50 bits per heavy atom. The number of methoxy groups -OCH3 is 1. The lowest BCUT2D eigenvalue weighted by Crippen LogP contribution is -2.30. The third-order valence-corrected chi connectivity index (χ3v) is 3.61. The van der Waals surface area contributed by atoms with Crippen LogP contribution in [0.1, 0.15) is 36.9 Å². The van der Waals surface area contributed by atoms with Crippen LogP contribution < -0.4 is 5.32 Å². The third-order valence-electron chi connectivity index (χ3n) is 3.61. The van der Waals surface area contributed by atoms with E-state index in [2.05, 4.69) is 18.3 Å². The highest BCUT2D eigenvalue weighted by Gasteiger charge is 2.20. The number of ether oxygens (including phenoxy) is 1. The summed E-state index contributed by atoms with van der Waals surface area (Å²) in [5.41, 5.74) is 2.64. The number of aryl methyl sites for hydroxylation is 1. The molecule has 0 aliphatic heterocycles. The highest BCUT2D eigenvalue weighted by molar-refractivity contribution is 5.38. The molecule has 1 aromatic carbocycles. The van der Waals surface area contributed by atoms with Gasteiger partial charge in [-0.2, -0.15) is 0 Å². The van der Waals surface area contributed by atoms with E-state index in [1.165, 1.54) is 17.5 Å². The second-order valence-corrected chi connectivity index (χ2v) is 5.30. The molecule has 3 heteroatoms. The zero-order chi connectivity index (χ0) is 13.0. The predicted octanol–water partition coefficient (Wildman–Crippen LogP) is 2.64. The maximum absolute atomic E-state index is 9.62. The fourth-order valence-electron chi connectivity index (χ4n) is 2.69. The number of phenols is 1. The van der Waals surface area contributed by atoms with E-state index in [1.54, 1.807) is 13.2 Å². The van der Waals surface area contributed by atoms with Gasteiger partial charge in [-0.1, -0.05) is 13.0 Å². The average Bonchev–Trinajstić information content (AvgIpc) is 2.36. The van der Waals surface area contributed by atoms with Gasteiger partial charge < -0.3 is 15.2 Å². The summed E-state index contributed by atoms with van der Waals surface area (Å²) >= 11 is 0. The van der Waals surface area contributed by atoms with Gasteiger partial charge in [-0.05, 0) is 48.4 Å². The van der Waals surface area contributed by atoms with Crippen LogP contribution in [0.2, 0.25) is 0 Å². The number of aromatic hydroxyl groups is 1. The molecular weight excluding hydrogens is 226 g/mol. The molecule has 1 aromatic rings. The first-order valence-corrected chi connectivity index (χ1v) is 6.75. The molecule has 100 valence electrons. The molecule has 0 radical (unpaired) electrons. The van der Waals surface area contributed by atoms with Gasteiger partial charge in [0.1, 0.15) is 5.75 Å². The molecule has 2 atom stereocenters. The fourth-order valence-corrected chi connectivity index (χ4v) is 2.69. The minimum absolute atomic E-state index is 0.368. The first-order chi connectivity index (χ1) is 8.70. The zero-order valence-electron chi connectivity index (χ0n) is 11.3. The summed E-state index contributed by atoms with van der Waals surface area (Å²) < 4.78 is 5.15. The summed E-state index contributed by atoms with van der Waals surface area (Å²) in [5, 5.41) is 13.2. The van der Waals surface area contributed by atoms with Crippen molar-refractivity contribution in [2.45, 2.75) is 32.2 Å². The van der Waals surface area contributed by atoms with Crippen LogP contribution >= 0.6 is 0 Å². The van der Waals surface area contributed by atoms with Gasteiger partial charge in [-0.25, -0.2) is 0 Å². The van der Waals surface area contributed by atoms with Gasteiger partial charge in [0.25, 0.3) is 0 Å². The lowest BCUT2D eigenvalue weighted by atomic mass is 9.87. The number of hydrogen-bond acceptors (Lipinski definition) is 3. The summed E-state index contributed by atoms with van der Waals surface area (Å²) in [6.45, 7) is 3.92. The topological polar surface area (TPSA) is 41.5 Å². The highest BCUT2D eigenvalue weighted by Crippen LogP contribution is 2.32. The van der Waals surface area contributed by atoms with E-state index in [0.29, 0.717) is 17.7 Å². The van der Waals surface area contributed by atoms with Crippen molar-refractivity contribution in [2.24, 2.45) is 5.92 Å². The minimum atomic E-state index is 0.368. The molecule has 0 amide bonds. The van der Waals surface area contributed by atoms with Gasteiger partial charge in [0.2, 0.25) is 0 Å². The van der Waals surface area contributed by atoms with E-state index < -0.39 is 0 Å². The van der Waals surface area contributed by atoms with Gasteiger partial charge >= 0.3 is 0 Å². The van der Waals surface area contributed by atoms with Crippen molar-refractivity contribution in [1.82, 2.24) is 5.32 Å². The monoisotopic (exact) mass is 249 g/mol. The molecule has 18 heavy (non-hydrogen) atoms. The van der Waals surface area contributed by atoms with Crippen LogP contribution in [0.15, 0.2) is 18.2 Å². The maximum Gasteiger partial charge on any atom is 0.115 e. The number of hydrogen-bond donors (Lipinski definition) is 2. The number of phenolic OH excluding ortho intramolecular Hbond substituents is 1. The molecule has 3 nitrogen and oxygen atoms in total. The zero-order valence-corrected chi connectivity index (χ0v) is 11.3. The first kappa shape index (κ1) is 13.4. The Hall–Kier alpha value is -1.06. The molecule has 0 spiro atoms.